The van der Waals surface area contributed by atoms with E-state index < -0.39 is 0 Å². The Morgan fingerprint density at radius 3 is 1.61 bits per heavy atom. The molecule has 0 bridgehead atoms. The highest BCUT2D eigenvalue weighted by Gasteiger charge is 2.02. The van der Waals surface area contributed by atoms with E-state index in [9.17, 15) is 0 Å². The van der Waals surface area contributed by atoms with Crippen LogP contribution < -0.4 is 4.74 Å². The van der Waals surface area contributed by atoms with Crippen LogP contribution in [0, 0.1) is 11.3 Å². The largest absolute Gasteiger partial charge is 0.494 e. The van der Waals surface area contributed by atoms with E-state index in [0.717, 1.165) is 29.9 Å². The van der Waals surface area contributed by atoms with E-state index in [1.807, 2.05) is 24.3 Å². The van der Waals surface area contributed by atoms with Gasteiger partial charge >= 0.3 is 0 Å². The molecule has 0 aliphatic heterocycles. The normalized spacial score (nSPS) is 10.4. The van der Waals surface area contributed by atoms with Gasteiger partial charge in [-0.25, -0.2) is 0 Å². The smallest absolute Gasteiger partial charge is 0.119 e. The summed E-state index contributed by atoms with van der Waals surface area (Å²) >= 11 is 0. The molecule has 2 heteroatoms. The summed E-state index contributed by atoms with van der Waals surface area (Å²) in [5, 5.41) is 8.91. The van der Waals surface area contributed by atoms with Crippen LogP contribution in [-0.4, -0.2) is 6.61 Å². The van der Waals surface area contributed by atoms with Gasteiger partial charge in [0.15, 0.2) is 0 Å². The first kappa shape index (κ1) is 19.7. The molecule has 0 saturated heterocycles. The van der Waals surface area contributed by atoms with Crippen molar-refractivity contribution >= 4 is 0 Å². The summed E-state index contributed by atoms with van der Waals surface area (Å²) in [6, 6.07) is 26.7. The van der Waals surface area contributed by atoms with Gasteiger partial charge in [0.1, 0.15) is 5.75 Å². The monoisotopic (exact) mass is 369 g/mol. The maximum absolute atomic E-state index is 8.91. The van der Waals surface area contributed by atoms with Crippen LogP contribution in [0.5, 0.6) is 5.75 Å². The molecule has 3 aromatic carbocycles. The Balaban J connectivity index is 1.57. The van der Waals surface area contributed by atoms with Crippen molar-refractivity contribution in [3.05, 3.63) is 78.4 Å². The van der Waals surface area contributed by atoms with Crippen LogP contribution in [0.1, 0.15) is 44.6 Å². The Hall–Kier alpha value is -3.05. The molecule has 0 spiro atoms. The summed E-state index contributed by atoms with van der Waals surface area (Å²) in [5.41, 5.74) is 5.32. The zero-order valence-corrected chi connectivity index (χ0v) is 16.5. The lowest BCUT2D eigenvalue weighted by Gasteiger charge is -2.08. The lowest BCUT2D eigenvalue weighted by Crippen LogP contribution is -1.97. The molecule has 3 aromatic rings. The molecule has 2 nitrogen and oxygen atoms in total. The maximum Gasteiger partial charge on any atom is 0.119 e. The summed E-state index contributed by atoms with van der Waals surface area (Å²) in [5.74, 6) is 0.938. The first-order chi connectivity index (χ1) is 13.8. The standard InChI is InChI=1S/C26H27NO/c1-2-3-4-5-6-19-28-26-17-15-25(16-18-26)24-13-11-23(12-14-24)22-9-7-21(20-27)8-10-22/h7-18H,2-6,19H2,1H3. The van der Waals surface area contributed by atoms with Crippen LogP contribution in [0.15, 0.2) is 72.8 Å². The summed E-state index contributed by atoms with van der Waals surface area (Å²) < 4.78 is 5.85. The van der Waals surface area contributed by atoms with Gasteiger partial charge in [0.2, 0.25) is 0 Å². The molecular weight excluding hydrogens is 342 g/mol. The Labute approximate surface area is 168 Å². The molecule has 142 valence electrons. The number of unbranched alkanes of at least 4 members (excludes halogenated alkanes) is 4. The molecule has 0 amide bonds. The molecule has 0 heterocycles. The minimum Gasteiger partial charge on any atom is -0.494 e. The average molecular weight is 370 g/mol. The predicted octanol–water partition coefficient (Wildman–Crippen LogP) is 7.24. The van der Waals surface area contributed by atoms with E-state index in [4.69, 9.17) is 10.00 Å². The highest BCUT2D eigenvalue weighted by atomic mass is 16.5. The Morgan fingerprint density at radius 2 is 1.11 bits per heavy atom. The van der Waals surface area contributed by atoms with Gasteiger partial charge in [-0.05, 0) is 52.9 Å². The molecule has 0 saturated carbocycles. The fourth-order valence-electron chi connectivity index (χ4n) is 3.23. The predicted molar refractivity (Wildman–Crippen MR) is 116 cm³/mol. The minimum absolute atomic E-state index is 0.684. The molecule has 3 rings (SSSR count). The Bertz CT molecular complexity index is 887. The van der Waals surface area contributed by atoms with Crippen LogP contribution >= 0.6 is 0 Å². The van der Waals surface area contributed by atoms with Gasteiger partial charge in [0.05, 0.1) is 18.2 Å². The van der Waals surface area contributed by atoms with E-state index in [1.54, 1.807) is 0 Å². The van der Waals surface area contributed by atoms with Gasteiger partial charge in [0, 0.05) is 0 Å². The van der Waals surface area contributed by atoms with Crippen LogP contribution in [0.4, 0.5) is 0 Å². The highest BCUT2D eigenvalue weighted by molar-refractivity contribution is 5.71. The van der Waals surface area contributed by atoms with Crippen molar-refractivity contribution in [2.45, 2.75) is 39.0 Å². The third kappa shape index (κ3) is 5.47. The van der Waals surface area contributed by atoms with Gasteiger partial charge in [-0.15, -0.1) is 0 Å². The zero-order valence-electron chi connectivity index (χ0n) is 16.5. The van der Waals surface area contributed by atoms with E-state index in [1.165, 1.54) is 36.8 Å². The zero-order chi connectivity index (χ0) is 19.6. The number of nitriles is 1. The number of ether oxygens (including phenoxy) is 1. The molecular formula is C26H27NO. The Morgan fingerprint density at radius 1 is 0.643 bits per heavy atom. The first-order valence-electron chi connectivity index (χ1n) is 10.1. The molecule has 0 unspecified atom stereocenters. The number of hydrogen-bond donors (Lipinski definition) is 0. The molecule has 0 aromatic heterocycles. The van der Waals surface area contributed by atoms with Crippen molar-refractivity contribution < 1.29 is 4.74 Å². The average Bonchev–Trinajstić information content (AvgIpc) is 2.77. The third-order valence-electron chi connectivity index (χ3n) is 4.94. The fourth-order valence-corrected chi connectivity index (χ4v) is 3.23. The van der Waals surface area contributed by atoms with Crippen LogP contribution in [0.2, 0.25) is 0 Å². The quantitative estimate of drug-likeness (QED) is 0.372. The lowest BCUT2D eigenvalue weighted by molar-refractivity contribution is 0.304. The van der Waals surface area contributed by atoms with Crippen molar-refractivity contribution in [1.82, 2.24) is 0 Å². The molecule has 28 heavy (non-hydrogen) atoms. The van der Waals surface area contributed by atoms with Crippen LogP contribution in [-0.2, 0) is 0 Å². The third-order valence-corrected chi connectivity index (χ3v) is 4.94. The van der Waals surface area contributed by atoms with Crippen molar-refractivity contribution in [3.63, 3.8) is 0 Å². The molecule has 0 fully saturated rings. The van der Waals surface area contributed by atoms with E-state index in [0.29, 0.717) is 5.56 Å². The SMILES string of the molecule is CCCCCCCOc1ccc(-c2ccc(-c3ccc(C#N)cc3)cc2)cc1. The highest BCUT2D eigenvalue weighted by Crippen LogP contribution is 2.26. The lowest BCUT2D eigenvalue weighted by atomic mass is 10.00. The van der Waals surface area contributed by atoms with Gasteiger partial charge < -0.3 is 4.74 Å². The molecule has 0 aliphatic carbocycles. The van der Waals surface area contributed by atoms with Crippen LogP contribution in [0.3, 0.4) is 0 Å². The van der Waals surface area contributed by atoms with E-state index in [-0.39, 0.29) is 0 Å². The van der Waals surface area contributed by atoms with Crippen molar-refractivity contribution in [1.29, 1.82) is 5.26 Å². The Kier molecular flexibility index (Phi) is 7.27. The molecule has 0 aliphatic rings. The topological polar surface area (TPSA) is 33.0 Å². The summed E-state index contributed by atoms with van der Waals surface area (Å²) in [4.78, 5) is 0. The number of rotatable bonds is 9. The summed E-state index contributed by atoms with van der Waals surface area (Å²) in [6.45, 7) is 3.03. The maximum atomic E-state index is 8.91. The second-order valence-corrected chi connectivity index (χ2v) is 7.05. The van der Waals surface area contributed by atoms with Gasteiger partial charge in [-0.2, -0.15) is 5.26 Å². The van der Waals surface area contributed by atoms with Gasteiger partial charge in [-0.3, -0.25) is 0 Å². The minimum atomic E-state index is 0.684. The van der Waals surface area contributed by atoms with Crippen molar-refractivity contribution in [2.24, 2.45) is 0 Å². The summed E-state index contributed by atoms with van der Waals surface area (Å²) in [6.07, 6.45) is 6.27. The van der Waals surface area contributed by atoms with E-state index in [2.05, 4.69) is 61.5 Å². The van der Waals surface area contributed by atoms with Crippen LogP contribution in [0.25, 0.3) is 22.3 Å². The summed E-state index contributed by atoms with van der Waals surface area (Å²) in [7, 11) is 0. The fraction of sp³-hybridized carbons (Fsp3) is 0.269. The first-order valence-corrected chi connectivity index (χ1v) is 10.1. The number of nitrogens with zero attached hydrogens (tertiary/aromatic N) is 1. The van der Waals surface area contributed by atoms with Gasteiger partial charge in [0.25, 0.3) is 0 Å². The second-order valence-electron chi connectivity index (χ2n) is 7.05. The van der Waals surface area contributed by atoms with E-state index >= 15 is 0 Å². The van der Waals surface area contributed by atoms with Crippen molar-refractivity contribution in [3.8, 4) is 34.1 Å². The second kappa shape index (κ2) is 10.3. The number of hydrogen-bond acceptors (Lipinski definition) is 2. The number of benzene rings is 3. The molecule has 0 radical (unpaired) electrons. The molecule has 0 N–H and O–H groups in total. The molecule has 0 atom stereocenters. The van der Waals surface area contributed by atoms with Crippen molar-refractivity contribution in [2.75, 3.05) is 6.61 Å². The van der Waals surface area contributed by atoms with Gasteiger partial charge in [-0.1, -0.05) is 81.1 Å².